The smallest absolute Gasteiger partial charge is 0.0521 e. The highest BCUT2D eigenvalue weighted by Crippen LogP contribution is 2.18. The van der Waals surface area contributed by atoms with E-state index in [0.29, 0.717) is 11.8 Å². The van der Waals surface area contributed by atoms with Crippen molar-refractivity contribution in [1.29, 1.82) is 0 Å². The first-order valence-corrected chi connectivity index (χ1v) is 7.44. The molecule has 0 N–H and O–H groups in total. The lowest BCUT2D eigenvalue weighted by Crippen LogP contribution is -2.09. The van der Waals surface area contributed by atoms with Gasteiger partial charge in [0.25, 0.3) is 0 Å². The molecule has 2 rings (SSSR count). The number of hydrogen-bond donors (Lipinski definition) is 0. The van der Waals surface area contributed by atoms with Crippen LogP contribution >= 0.6 is 23.2 Å². The van der Waals surface area contributed by atoms with E-state index < -0.39 is 0 Å². The summed E-state index contributed by atoms with van der Waals surface area (Å²) >= 11 is 12.1. The molecule has 1 atom stereocenters. The zero-order valence-corrected chi connectivity index (χ0v) is 12.5. The van der Waals surface area contributed by atoms with E-state index in [1.54, 1.807) is 0 Å². The van der Waals surface area contributed by atoms with Gasteiger partial charge in [-0.05, 0) is 48.9 Å². The summed E-state index contributed by atoms with van der Waals surface area (Å²) < 4.78 is 1.94. The van der Waals surface area contributed by atoms with E-state index in [0.717, 1.165) is 24.4 Å². The summed E-state index contributed by atoms with van der Waals surface area (Å²) in [5, 5.41) is 5.08. The van der Waals surface area contributed by atoms with Crippen LogP contribution in [0.5, 0.6) is 0 Å². The SMILES string of the molecule is CCn1cc(CC(CCl)Cc2cccc(Cl)c2)cn1. The van der Waals surface area contributed by atoms with Crippen molar-refractivity contribution in [2.75, 3.05) is 5.88 Å². The molecule has 0 fully saturated rings. The molecule has 19 heavy (non-hydrogen) atoms. The number of hydrogen-bond acceptors (Lipinski definition) is 1. The zero-order chi connectivity index (χ0) is 13.7. The highest BCUT2D eigenvalue weighted by Gasteiger charge is 2.11. The van der Waals surface area contributed by atoms with Crippen LogP contribution in [0.15, 0.2) is 36.7 Å². The summed E-state index contributed by atoms with van der Waals surface area (Å²) in [6.45, 7) is 2.99. The van der Waals surface area contributed by atoms with E-state index in [1.165, 1.54) is 11.1 Å². The summed E-state index contributed by atoms with van der Waals surface area (Å²) in [5.74, 6) is 1.05. The first-order valence-electron chi connectivity index (χ1n) is 6.53. The minimum absolute atomic E-state index is 0.412. The van der Waals surface area contributed by atoms with Crippen molar-refractivity contribution in [1.82, 2.24) is 9.78 Å². The number of aromatic nitrogens is 2. The lowest BCUT2D eigenvalue weighted by atomic mass is 9.95. The Morgan fingerprint density at radius 2 is 2.05 bits per heavy atom. The number of alkyl halides is 1. The van der Waals surface area contributed by atoms with Crippen LogP contribution in [-0.4, -0.2) is 15.7 Å². The molecule has 1 aromatic heterocycles. The first kappa shape index (κ1) is 14.4. The second kappa shape index (κ2) is 6.97. The van der Waals surface area contributed by atoms with E-state index in [2.05, 4.69) is 24.3 Å². The molecule has 0 aliphatic carbocycles. The number of benzene rings is 1. The van der Waals surface area contributed by atoms with Gasteiger partial charge in [0, 0.05) is 23.6 Å². The van der Waals surface area contributed by atoms with E-state index in [-0.39, 0.29) is 0 Å². The Hall–Kier alpha value is -0.990. The largest absolute Gasteiger partial charge is 0.273 e. The van der Waals surface area contributed by atoms with Crippen LogP contribution < -0.4 is 0 Å². The number of rotatable bonds is 6. The highest BCUT2D eigenvalue weighted by atomic mass is 35.5. The second-order valence-corrected chi connectivity index (χ2v) is 5.51. The normalized spacial score (nSPS) is 12.6. The lowest BCUT2D eigenvalue weighted by Gasteiger charge is -2.13. The van der Waals surface area contributed by atoms with Crippen molar-refractivity contribution < 1.29 is 0 Å². The van der Waals surface area contributed by atoms with Crippen LogP contribution in [0.2, 0.25) is 5.02 Å². The average molecular weight is 297 g/mol. The van der Waals surface area contributed by atoms with Gasteiger partial charge in [0.05, 0.1) is 6.20 Å². The predicted octanol–water partition coefficient (Wildman–Crippen LogP) is 4.20. The Kier molecular flexibility index (Phi) is 5.29. The third-order valence-corrected chi connectivity index (χ3v) is 3.84. The fourth-order valence-corrected chi connectivity index (χ4v) is 2.63. The van der Waals surface area contributed by atoms with Gasteiger partial charge in [0.1, 0.15) is 0 Å². The molecule has 0 aliphatic heterocycles. The molecule has 0 spiro atoms. The van der Waals surface area contributed by atoms with Crippen LogP contribution in [0, 0.1) is 5.92 Å². The Bertz CT molecular complexity index is 522. The summed E-state index contributed by atoms with van der Waals surface area (Å²) in [5.41, 5.74) is 2.48. The van der Waals surface area contributed by atoms with Crippen LogP contribution in [-0.2, 0) is 19.4 Å². The maximum absolute atomic E-state index is 6.09. The van der Waals surface area contributed by atoms with Crippen molar-refractivity contribution in [3.05, 3.63) is 52.8 Å². The van der Waals surface area contributed by atoms with Crippen LogP contribution in [0.3, 0.4) is 0 Å². The van der Waals surface area contributed by atoms with Crippen molar-refractivity contribution in [2.45, 2.75) is 26.3 Å². The molecule has 2 nitrogen and oxygen atoms in total. The summed E-state index contributed by atoms with van der Waals surface area (Å²) in [6, 6.07) is 7.99. The molecule has 0 radical (unpaired) electrons. The Morgan fingerprint density at radius 3 is 2.68 bits per heavy atom. The summed E-state index contributed by atoms with van der Waals surface area (Å²) in [6.07, 6.45) is 5.93. The minimum atomic E-state index is 0.412. The van der Waals surface area contributed by atoms with E-state index in [9.17, 15) is 0 Å². The van der Waals surface area contributed by atoms with Gasteiger partial charge in [-0.1, -0.05) is 23.7 Å². The molecular weight excluding hydrogens is 279 g/mol. The minimum Gasteiger partial charge on any atom is -0.273 e. The van der Waals surface area contributed by atoms with Crippen LogP contribution in [0.4, 0.5) is 0 Å². The molecule has 0 amide bonds. The highest BCUT2D eigenvalue weighted by molar-refractivity contribution is 6.30. The molecule has 0 bridgehead atoms. The molecule has 0 saturated heterocycles. The van der Waals surface area contributed by atoms with Gasteiger partial charge < -0.3 is 0 Å². The molecule has 0 aliphatic rings. The van der Waals surface area contributed by atoms with Crippen molar-refractivity contribution in [3.8, 4) is 0 Å². The average Bonchev–Trinajstić information content (AvgIpc) is 2.85. The Labute approximate surface area is 124 Å². The van der Waals surface area contributed by atoms with Gasteiger partial charge in [-0.3, -0.25) is 4.68 Å². The molecule has 1 heterocycles. The van der Waals surface area contributed by atoms with Crippen LogP contribution in [0.25, 0.3) is 0 Å². The summed E-state index contributed by atoms with van der Waals surface area (Å²) in [7, 11) is 0. The Morgan fingerprint density at radius 1 is 1.26 bits per heavy atom. The van der Waals surface area contributed by atoms with Gasteiger partial charge in [-0.15, -0.1) is 11.6 Å². The van der Waals surface area contributed by atoms with Gasteiger partial charge in [0.2, 0.25) is 0 Å². The standard InChI is InChI=1S/C15H18Cl2N2/c1-2-19-11-14(10-18-19)7-13(9-16)6-12-4-3-5-15(17)8-12/h3-5,8,10-11,13H,2,6-7,9H2,1H3. The predicted molar refractivity (Wildman–Crippen MR) is 81.0 cm³/mol. The molecule has 102 valence electrons. The number of nitrogens with zero attached hydrogens (tertiary/aromatic N) is 2. The molecule has 1 unspecified atom stereocenters. The number of aryl methyl sites for hydroxylation is 1. The van der Waals surface area contributed by atoms with Crippen molar-refractivity contribution in [2.24, 2.45) is 5.92 Å². The van der Waals surface area contributed by atoms with Crippen LogP contribution in [0.1, 0.15) is 18.1 Å². The molecular formula is C15H18Cl2N2. The van der Waals surface area contributed by atoms with E-state index >= 15 is 0 Å². The van der Waals surface area contributed by atoms with Crippen molar-refractivity contribution >= 4 is 23.2 Å². The third kappa shape index (κ3) is 4.26. The fourth-order valence-electron chi connectivity index (χ4n) is 2.20. The zero-order valence-electron chi connectivity index (χ0n) is 11.0. The topological polar surface area (TPSA) is 17.8 Å². The molecule has 0 saturated carbocycles. The van der Waals surface area contributed by atoms with Gasteiger partial charge in [-0.2, -0.15) is 5.10 Å². The molecule has 1 aromatic carbocycles. The fraction of sp³-hybridized carbons (Fsp3) is 0.400. The maximum Gasteiger partial charge on any atom is 0.0521 e. The third-order valence-electron chi connectivity index (χ3n) is 3.17. The van der Waals surface area contributed by atoms with Gasteiger partial charge >= 0.3 is 0 Å². The number of halogens is 2. The maximum atomic E-state index is 6.09. The van der Waals surface area contributed by atoms with E-state index in [1.807, 2.05) is 29.1 Å². The second-order valence-electron chi connectivity index (χ2n) is 4.76. The van der Waals surface area contributed by atoms with Gasteiger partial charge in [-0.25, -0.2) is 0 Å². The Balaban J connectivity index is 2.00. The monoisotopic (exact) mass is 296 g/mol. The summed E-state index contributed by atoms with van der Waals surface area (Å²) in [4.78, 5) is 0. The quantitative estimate of drug-likeness (QED) is 0.731. The first-order chi connectivity index (χ1) is 9.21. The molecule has 2 aromatic rings. The molecule has 4 heteroatoms. The van der Waals surface area contributed by atoms with Crippen molar-refractivity contribution in [3.63, 3.8) is 0 Å². The van der Waals surface area contributed by atoms with E-state index in [4.69, 9.17) is 23.2 Å². The lowest BCUT2D eigenvalue weighted by molar-refractivity contribution is 0.582. The van der Waals surface area contributed by atoms with Gasteiger partial charge in [0.15, 0.2) is 0 Å².